The van der Waals surface area contributed by atoms with E-state index in [-0.39, 0.29) is 0 Å². The lowest BCUT2D eigenvalue weighted by Crippen LogP contribution is -2.14. The topological polar surface area (TPSA) is 23.5 Å². The van der Waals surface area contributed by atoms with Crippen molar-refractivity contribution < 1.29 is 5.11 Å². The molecule has 0 saturated carbocycles. The maximum Gasteiger partial charge on any atom is 0.117 e. The van der Waals surface area contributed by atoms with E-state index in [1.54, 1.807) is 17.4 Å². The molecule has 0 spiro atoms. The summed E-state index contributed by atoms with van der Waals surface area (Å²) < 4.78 is 1.17. The Hall–Kier alpha value is -1.06. The van der Waals surface area contributed by atoms with Gasteiger partial charge in [0.1, 0.15) is 5.75 Å². The Balaban J connectivity index is 2.29. The van der Waals surface area contributed by atoms with Crippen molar-refractivity contribution in [2.75, 3.05) is 20.6 Å². The van der Waals surface area contributed by atoms with E-state index in [1.165, 1.54) is 15.6 Å². The van der Waals surface area contributed by atoms with Crippen molar-refractivity contribution in [2.24, 2.45) is 0 Å². The first-order chi connectivity index (χ1) is 7.16. The van der Waals surface area contributed by atoms with Crippen LogP contribution in [0.5, 0.6) is 5.75 Å². The molecule has 15 heavy (non-hydrogen) atoms. The van der Waals surface area contributed by atoms with Crippen LogP contribution in [0.2, 0.25) is 0 Å². The standard InChI is InChI=1S/C12H15NOS/c1-13(2)6-5-9-8-15-12-7-10(14)3-4-11(9)12/h3-4,7-8,14H,5-6H2,1-2H3. The van der Waals surface area contributed by atoms with E-state index in [1.807, 2.05) is 12.1 Å². The number of fused-ring (bicyclic) bond motifs is 1. The zero-order valence-electron chi connectivity index (χ0n) is 9.03. The number of aromatic hydroxyl groups is 1. The van der Waals surface area contributed by atoms with E-state index < -0.39 is 0 Å². The Morgan fingerprint density at radius 3 is 2.87 bits per heavy atom. The number of phenolic OH excluding ortho intramolecular Hbond substituents is 1. The highest BCUT2D eigenvalue weighted by Crippen LogP contribution is 2.29. The van der Waals surface area contributed by atoms with Crippen molar-refractivity contribution in [3.8, 4) is 5.75 Å². The monoisotopic (exact) mass is 221 g/mol. The molecule has 0 aliphatic rings. The number of benzene rings is 1. The molecular weight excluding hydrogens is 206 g/mol. The second kappa shape index (κ2) is 4.21. The summed E-state index contributed by atoms with van der Waals surface area (Å²) >= 11 is 1.70. The van der Waals surface area contributed by atoms with Crippen molar-refractivity contribution in [3.63, 3.8) is 0 Å². The molecule has 0 amide bonds. The third-order valence-electron chi connectivity index (χ3n) is 2.47. The van der Waals surface area contributed by atoms with Crippen molar-refractivity contribution in [2.45, 2.75) is 6.42 Å². The minimum atomic E-state index is 0.350. The van der Waals surface area contributed by atoms with Gasteiger partial charge < -0.3 is 10.0 Å². The smallest absolute Gasteiger partial charge is 0.117 e. The van der Waals surface area contributed by atoms with Crippen LogP contribution in [0.15, 0.2) is 23.6 Å². The highest BCUT2D eigenvalue weighted by molar-refractivity contribution is 7.17. The number of hydrogen-bond acceptors (Lipinski definition) is 3. The summed E-state index contributed by atoms with van der Waals surface area (Å²) in [7, 11) is 4.17. The Morgan fingerprint density at radius 2 is 2.13 bits per heavy atom. The highest BCUT2D eigenvalue weighted by atomic mass is 32.1. The molecule has 2 aromatic rings. The summed E-state index contributed by atoms with van der Waals surface area (Å²) in [4.78, 5) is 2.18. The summed E-state index contributed by atoms with van der Waals surface area (Å²) in [6.07, 6.45) is 1.07. The fourth-order valence-corrected chi connectivity index (χ4v) is 2.64. The van der Waals surface area contributed by atoms with Gasteiger partial charge in [-0.05, 0) is 55.0 Å². The quantitative estimate of drug-likeness (QED) is 0.861. The zero-order chi connectivity index (χ0) is 10.8. The zero-order valence-corrected chi connectivity index (χ0v) is 9.84. The highest BCUT2D eigenvalue weighted by Gasteiger charge is 2.04. The minimum Gasteiger partial charge on any atom is -0.508 e. The van der Waals surface area contributed by atoms with E-state index in [9.17, 15) is 5.11 Å². The van der Waals surface area contributed by atoms with Crippen molar-refractivity contribution in [1.29, 1.82) is 0 Å². The van der Waals surface area contributed by atoms with Gasteiger partial charge >= 0.3 is 0 Å². The van der Waals surface area contributed by atoms with Crippen molar-refractivity contribution in [3.05, 3.63) is 29.1 Å². The minimum absolute atomic E-state index is 0.350. The molecule has 0 unspecified atom stereocenters. The van der Waals surface area contributed by atoms with Crippen LogP contribution in [-0.2, 0) is 6.42 Å². The second-order valence-corrected chi connectivity index (χ2v) is 4.91. The van der Waals surface area contributed by atoms with Gasteiger partial charge in [0, 0.05) is 11.2 Å². The molecule has 0 bridgehead atoms. The predicted molar refractivity (Wildman–Crippen MR) is 65.7 cm³/mol. The maximum absolute atomic E-state index is 9.36. The van der Waals surface area contributed by atoms with Crippen LogP contribution < -0.4 is 0 Å². The molecule has 0 fully saturated rings. The van der Waals surface area contributed by atoms with Crippen molar-refractivity contribution in [1.82, 2.24) is 4.90 Å². The Bertz CT molecular complexity index is 462. The fourth-order valence-electron chi connectivity index (χ4n) is 1.61. The number of rotatable bonds is 3. The van der Waals surface area contributed by atoms with Crippen LogP contribution in [0.25, 0.3) is 10.1 Å². The van der Waals surface area contributed by atoms with Gasteiger partial charge in [-0.25, -0.2) is 0 Å². The summed E-state index contributed by atoms with van der Waals surface area (Å²) in [5, 5.41) is 12.8. The van der Waals surface area contributed by atoms with Crippen LogP contribution in [-0.4, -0.2) is 30.6 Å². The molecule has 0 aliphatic heterocycles. The SMILES string of the molecule is CN(C)CCc1csc2cc(O)ccc12. The average Bonchev–Trinajstić information content (AvgIpc) is 2.57. The lowest BCUT2D eigenvalue weighted by Gasteiger charge is -2.08. The summed E-state index contributed by atoms with van der Waals surface area (Å²) in [5.41, 5.74) is 1.38. The van der Waals surface area contributed by atoms with Crippen LogP contribution in [0.1, 0.15) is 5.56 Å². The van der Waals surface area contributed by atoms with E-state index in [0.29, 0.717) is 5.75 Å². The molecule has 0 aliphatic carbocycles. The second-order valence-electron chi connectivity index (χ2n) is 3.99. The molecule has 1 N–H and O–H groups in total. The average molecular weight is 221 g/mol. The Morgan fingerprint density at radius 1 is 1.33 bits per heavy atom. The van der Waals surface area contributed by atoms with E-state index in [2.05, 4.69) is 24.4 Å². The molecule has 2 rings (SSSR count). The van der Waals surface area contributed by atoms with Crippen LogP contribution >= 0.6 is 11.3 Å². The number of nitrogens with zero attached hydrogens (tertiary/aromatic N) is 1. The lowest BCUT2D eigenvalue weighted by atomic mass is 10.1. The molecule has 1 aromatic carbocycles. The van der Waals surface area contributed by atoms with Crippen LogP contribution in [0, 0.1) is 0 Å². The Kier molecular flexibility index (Phi) is 2.93. The third-order valence-corrected chi connectivity index (χ3v) is 3.46. The van der Waals surface area contributed by atoms with E-state index >= 15 is 0 Å². The maximum atomic E-state index is 9.36. The summed E-state index contributed by atoms with van der Waals surface area (Å²) in [6.45, 7) is 1.06. The first kappa shape index (κ1) is 10.5. The van der Waals surface area contributed by atoms with Crippen LogP contribution in [0.4, 0.5) is 0 Å². The van der Waals surface area contributed by atoms with Gasteiger partial charge in [-0.1, -0.05) is 0 Å². The predicted octanol–water partition coefficient (Wildman–Crippen LogP) is 2.71. The lowest BCUT2D eigenvalue weighted by molar-refractivity contribution is 0.414. The Labute approximate surface area is 93.8 Å². The van der Waals surface area contributed by atoms with Gasteiger partial charge in [-0.3, -0.25) is 0 Å². The normalized spacial score (nSPS) is 11.4. The van der Waals surface area contributed by atoms with Gasteiger partial charge in [0.15, 0.2) is 0 Å². The largest absolute Gasteiger partial charge is 0.508 e. The third kappa shape index (κ3) is 2.30. The van der Waals surface area contributed by atoms with Crippen molar-refractivity contribution >= 4 is 21.4 Å². The molecular formula is C12H15NOS. The van der Waals surface area contributed by atoms with E-state index in [4.69, 9.17) is 0 Å². The first-order valence-electron chi connectivity index (χ1n) is 5.00. The number of thiophene rings is 1. The van der Waals surface area contributed by atoms with Gasteiger partial charge in [0.05, 0.1) is 0 Å². The summed E-state index contributed by atoms with van der Waals surface area (Å²) in [6, 6.07) is 5.60. The molecule has 0 atom stereocenters. The summed E-state index contributed by atoms with van der Waals surface area (Å²) in [5.74, 6) is 0.350. The molecule has 1 heterocycles. The number of likely N-dealkylation sites (N-methyl/N-ethyl adjacent to an activating group) is 1. The molecule has 2 nitrogen and oxygen atoms in total. The van der Waals surface area contributed by atoms with Gasteiger partial charge in [0.25, 0.3) is 0 Å². The number of phenols is 1. The fraction of sp³-hybridized carbons (Fsp3) is 0.333. The molecule has 1 aromatic heterocycles. The van der Waals surface area contributed by atoms with Crippen LogP contribution in [0.3, 0.4) is 0 Å². The van der Waals surface area contributed by atoms with Gasteiger partial charge in [0.2, 0.25) is 0 Å². The van der Waals surface area contributed by atoms with E-state index in [0.717, 1.165) is 13.0 Å². The first-order valence-corrected chi connectivity index (χ1v) is 5.88. The number of hydrogen-bond donors (Lipinski definition) is 1. The van der Waals surface area contributed by atoms with Gasteiger partial charge in [-0.2, -0.15) is 0 Å². The molecule has 80 valence electrons. The molecule has 0 radical (unpaired) electrons. The molecule has 3 heteroatoms. The molecule has 0 saturated heterocycles. The van der Waals surface area contributed by atoms with Gasteiger partial charge in [-0.15, -0.1) is 11.3 Å².